The van der Waals surface area contributed by atoms with Crippen molar-refractivity contribution in [2.45, 2.75) is 91.4 Å². The lowest BCUT2D eigenvalue weighted by molar-refractivity contribution is -0.155. The van der Waals surface area contributed by atoms with Crippen LogP contribution in [0.4, 0.5) is 0 Å². The Hall–Kier alpha value is -5.45. The molecule has 0 radical (unpaired) electrons. The van der Waals surface area contributed by atoms with Crippen molar-refractivity contribution in [2.75, 3.05) is 33.3 Å². The van der Waals surface area contributed by atoms with Crippen LogP contribution < -0.4 is 10.7 Å². The van der Waals surface area contributed by atoms with Gasteiger partial charge in [0, 0.05) is 79.3 Å². The molecule has 3 amide bonds. The molecule has 7 rings (SSSR count). The Kier molecular flexibility index (Phi) is 13.3. The number of benzene rings is 2. The number of amides is 3. The molecule has 2 fully saturated rings. The van der Waals surface area contributed by atoms with E-state index in [1.807, 2.05) is 26.0 Å². The van der Waals surface area contributed by atoms with Crippen molar-refractivity contribution in [1.29, 1.82) is 0 Å². The molecule has 5 atom stereocenters. The highest BCUT2D eigenvalue weighted by molar-refractivity contribution is 7.85. The summed E-state index contributed by atoms with van der Waals surface area (Å²) in [5.41, 5.74) is 8.64. The zero-order valence-corrected chi connectivity index (χ0v) is 37.2. The predicted octanol–water partition coefficient (Wildman–Crippen LogP) is 4.75. The van der Waals surface area contributed by atoms with Crippen LogP contribution in [0.15, 0.2) is 67.1 Å². The zero-order chi connectivity index (χ0) is 44.5. The van der Waals surface area contributed by atoms with Crippen molar-refractivity contribution in [1.82, 2.24) is 39.5 Å². The summed E-state index contributed by atoms with van der Waals surface area (Å²) >= 11 is 0. The van der Waals surface area contributed by atoms with Gasteiger partial charge in [-0.15, -0.1) is 0 Å². The van der Waals surface area contributed by atoms with Gasteiger partial charge in [-0.2, -0.15) is 0 Å². The van der Waals surface area contributed by atoms with Gasteiger partial charge in [0.25, 0.3) is 5.91 Å². The number of hydrazine groups is 1. The van der Waals surface area contributed by atoms with Gasteiger partial charge in [-0.05, 0) is 85.0 Å². The van der Waals surface area contributed by atoms with Gasteiger partial charge in [-0.25, -0.2) is 23.9 Å². The third kappa shape index (κ3) is 9.32. The van der Waals surface area contributed by atoms with Crippen LogP contribution in [-0.4, -0.2) is 113 Å². The van der Waals surface area contributed by atoms with E-state index in [1.54, 1.807) is 35.9 Å². The third-order valence-corrected chi connectivity index (χ3v) is 13.4. The number of carbonyl (C=O) groups excluding carboxylic acids is 4. The monoisotopic (exact) mass is 866 g/mol. The Bertz CT molecular complexity index is 2380. The minimum Gasteiger partial charge on any atom is -0.508 e. The predicted molar refractivity (Wildman–Crippen MR) is 237 cm³/mol. The lowest BCUT2D eigenvalue weighted by Crippen LogP contribution is -2.62. The Labute approximate surface area is 365 Å². The number of carbonyl (C=O) groups is 4. The van der Waals surface area contributed by atoms with Crippen molar-refractivity contribution in [3.8, 4) is 28.1 Å². The van der Waals surface area contributed by atoms with Crippen molar-refractivity contribution < 1.29 is 33.2 Å². The van der Waals surface area contributed by atoms with Gasteiger partial charge < -0.3 is 24.6 Å². The summed E-state index contributed by atoms with van der Waals surface area (Å²) < 4.78 is 22.4. The molecule has 0 saturated carbocycles. The Morgan fingerprint density at radius 1 is 1.10 bits per heavy atom. The second kappa shape index (κ2) is 18.5. The minimum absolute atomic E-state index is 0.00124. The van der Waals surface area contributed by atoms with E-state index >= 15 is 0 Å². The molecule has 330 valence electrons. The van der Waals surface area contributed by atoms with E-state index in [0.29, 0.717) is 44.3 Å². The molecule has 15 nitrogen and oxygen atoms in total. The van der Waals surface area contributed by atoms with Crippen LogP contribution in [0.25, 0.3) is 33.3 Å². The number of ether oxygens (including phenoxy) is 1. The van der Waals surface area contributed by atoms with Crippen molar-refractivity contribution in [3.63, 3.8) is 0 Å². The Morgan fingerprint density at radius 3 is 2.56 bits per heavy atom. The second-order valence-corrected chi connectivity index (χ2v) is 19.2. The average Bonchev–Trinajstić information content (AvgIpc) is 3.87. The molecule has 5 heterocycles. The van der Waals surface area contributed by atoms with Crippen LogP contribution in [0, 0.1) is 17.3 Å². The van der Waals surface area contributed by atoms with E-state index in [-0.39, 0.29) is 43.7 Å². The Morgan fingerprint density at radius 2 is 1.85 bits per heavy atom. The van der Waals surface area contributed by atoms with Crippen LogP contribution in [0.5, 0.6) is 5.75 Å². The number of aryl methyl sites for hydroxylation is 1. The third-order valence-electron chi connectivity index (χ3n) is 12.2. The van der Waals surface area contributed by atoms with E-state index in [0.717, 1.165) is 38.9 Å². The van der Waals surface area contributed by atoms with Crippen molar-refractivity contribution in [3.05, 3.63) is 78.2 Å². The average molecular weight is 867 g/mol. The smallest absolute Gasteiger partial charge is 0.324 e. The molecule has 0 aliphatic carbocycles. The molecule has 4 aromatic rings. The molecule has 2 aromatic heterocycles. The van der Waals surface area contributed by atoms with E-state index in [9.17, 15) is 28.5 Å². The van der Waals surface area contributed by atoms with Gasteiger partial charge in [-0.1, -0.05) is 46.4 Å². The molecule has 2 saturated heterocycles. The number of phenolic OH excluding ortho intramolecular Hbond substituents is 1. The van der Waals surface area contributed by atoms with Crippen LogP contribution >= 0.6 is 0 Å². The van der Waals surface area contributed by atoms with Crippen molar-refractivity contribution >= 4 is 45.6 Å². The number of hydrogen-bond donors (Lipinski definition) is 3. The van der Waals surface area contributed by atoms with Gasteiger partial charge in [0.05, 0.1) is 18.2 Å². The molecule has 62 heavy (non-hydrogen) atoms. The van der Waals surface area contributed by atoms with Crippen molar-refractivity contribution in [2.24, 2.45) is 17.3 Å². The number of likely N-dealkylation sites (N-methyl/N-ethyl adjacent to an activating group) is 1. The molecular formula is C46H58N8O7S. The standard InChI is InChI=1S/C46H58N8O7S/c1-8-53-39-13-12-30-21-35(39)36(41(53)33-23-47-27-48-24-33)22-46(5,6)26-61-45(59)37-11-10-15-54(50-37)44(58)38(19-29-17-32(30)20-34(55)18-29)49-42(56)40(28(3)4)51(7)43(57)31-14-16-52(25-31)62(60)9-2/h9,12-13,17-18,20-21,23-24,27-28,31,37-38,40,50,55H,2,8,10-11,14-16,19,22,25-26H2,1,3-7H3,(H,49,56)/t31-,37-,38-,40-,62?/m0/s1. The zero-order valence-electron chi connectivity index (χ0n) is 36.4. The van der Waals surface area contributed by atoms with E-state index in [2.05, 4.69) is 64.8 Å². The molecular weight excluding hydrogens is 809 g/mol. The van der Waals surface area contributed by atoms with Gasteiger partial charge in [0.2, 0.25) is 11.8 Å². The normalized spacial score (nSPS) is 21.9. The highest BCUT2D eigenvalue weighted by atomic mass is 32.2. The number of esters is 1. The summed E-state index contributed by atoms with van der Waals surface area (Å²) in [5, 5.41) is 17.9. The first-order chi connectivity index (χ1) is 29.6. The summed E-state index contributed by atoms with van der Waals surface area (Å²) in [6.45, 7) is 15.3. The molecule has 3 aliphatic heterocycles. The lowest BCUT2D eigenvalue weighted by atomic mass is 9.84. The van der Waals surface area contributed by atoms with Gasteiger partial charge in [-0.3, -0.25) is 24.2 Å². The fourth-order valence-corrected chi connectivity index (χ4v) is 10.1. The fourth-order valence-electron chi connectivity index (χ4n) is 9.26. The molecule has 1 unspecified atom stereocenters. The van der Waals surface area contributed by atoms with Crippen LogP contribution in [0.2, 0.25) is 0 Å². The quantitative estimate of drug-likeness (QED) is 0.199. The first-order valence-electron chi connectivity index (χ1n) is 21.4. The largest absolute Gasteiger partial charge is 0.508 e. The second-order valence-electron chi connectivity index (χ2n) is 17.8. The summed E-state index contributed by atoms with van der Waals surface area (Å²) in [4.78, 5) is 66.8. The summed E-state index contributed by atoms with van der Waals surface area (Å²) in [6, 6.07) is 8.48. The minimum atomic E-state index is -1.41. The van der Waals surface area contributed by atoms with Gasteiger partial charge >= 0.3 is 5.97 Å². The molecule has 0 spiro atoms. The van der Waals surface area contributed by atoms with E-state index < -0.39 is 58.2 Å². The van der Waals surface area contributed by atoms with Gasteiger partial charge in [0.15, 0.2) is 0 Å². The number of aromatic nitrogens is 3. The van der Waals surface area contributed by atoms with E-state index in [1.165, 1.54) is 21.6 Å². The number of cyclic esters (lactones) is 1. The molecule has 3 N–H and O–H groups in total. The maximum absolute atomic E-state index is 14.6. The molecule has 16 heteroatoms. The maximum Gasteiger partial charge on any atom is 0.324 e. The summed E-state index contributed by atoms with van der Waals surface area (Å²) in [5.74, 6) is -2.53. The number of fused-ring (bicyclic) bond motifs is 6. The summed E-state index contributed by atoms with van der Waals surface area (Å²) in [6.07, 6.45) is 7.11. The number of rotatable bonds is 9. The first kappa shape index (κ1) is 44.6. The van der Waals surface area contributed by atoms with E-state index in [4.69, 9.17) is 4.74 Å². The van der Waals surface area contributed by atoms with Crippen LogP contribution in [-0.2, 0) is 54.3 Å². The Balaban J connectivity index is 1.28. The SMILES string of the molecule is C=CS(=O)N1CC[C@H](C(=O)N(C)[C@H](C(=O)N[C@H]2Cc3cc(O)cc(c3)-c3ccc4c(c3)c(c(-c3cncnc3)n4CC)CC(C)(C)COC(=O)[C@@H]3CCCN(N3)C2=O)C(C)C)C1. The van der Waals surface area contributed by atoms with Crippen LogP contribution in [0.3, 0.4) is 0 Å². The fraction of sp³-hybridized carbons (Fsp3) is 0.478. The number of hydrogen-bond acceptors (Lipinski definition) is 10. The maximum atomic E-state index is 14.6. The number of phenols is 1. The molecule has 3 aliphatic rings. The molecule has 2 aromatic carbocycles. The molecule has 6 bridgehead atoms. The topological polar surface area (TPSA) is 179 Å². The first-order valence-corrected chi connectivity index (χ1v) is 22.6. The van der Waals surface area contributed by atoms with Crippen LogP contribution in [0.1, 0.15) is 65.0 Å². The number of aromatic hydroxyl groups is 1. The number of nitrogens with zero attached hydrogens (tertiary/aromatic N) is 6. The highest BCUT2D eigenvalue weighted by Crippen LogP contribution is 2.40. The number of nitrogens with one attached hydrogen (secondary N) is 2. The summed E-state index contributed by atoms with van der Waals surface area (Å²) in [7, 11) is 0.179. The highest BCUT2D eigenvalue weighted by Gasteiger charge is 2.40. The lowest BCUT2D eigenvalue weighted by Gasteiger charge is -2.37. The van der Waals surface area contributed by atoms with Gasteiger partial charge in [0.1, 0.15) is 41.2 Å².